The van der Waals surface area contributed by atoms with Crippen LogP contribution in [0.2, 0.25) is 0 Å². The Morgan fingerprint density at radius 3 is 2.73 bits per heavy atom. The van der Waals surface area contributed by atoms with Gasteiger partial charge < -0.3 is 19.7 Å². The molecule has 0 aromatic heterocycles. The molecule has 0 saturated carbocycles. The number of hydrogen-bond donors (Lipinski definition) is 1. The van der Waals surface area contributed by atoms with Gasteiger partial charge >= 0.3 is 0 Å². The Kier molecular flexibility index (Phi) is 6.40. The SMILES string of the molecule is CO[C@H](C)Cc1ccc(NCCCN2CC(C)Oc3ccccc32)cc1. The third-order valence-corrected chi connectivity index (χ3v) is 4.82. The number of rotatable bonds is 8. The van der Waals surface area contributed by atoms with Crippen molar-refractivity contribution in [3.63, 3.8) is 0 Å². The third-order valence-electron chi connectivity index (χ3n) is 4.82. The zero-order chi connectivity index (χ0) is 18.4. The van der Waals surface area contributed by atoms with Crippen molar-refractivity contribution in [2.45, 2.75) is 38.9 Å². The molecule has 1 N–H and O–H groups in total. The average molecular weight is 354 g/mol. The Balaban J connectivity index is 1.46. The van der Waals surface area contributed by atoms with E-state index in [2.05, 4.69) is 66.5 Å². The van der Waals surface area contributed by atoms with Crippen molar-refractivity contribution < 1.29 is 9.47 Å². The van der Waals surface area contributed by atoms with E-state index >= 15 is 0 Å². The summed E-state index contributed by atoms with van der Waals surface area (Å²) < 4.78 is 11.2. The number of anilines is 2. The minimum Gasteiger partial charge on any atom is -0.487 e. The Bertz CT molecular complexity index is 687. The number of methoxy groups -OCH3 is 1. The van der Waals surface area contributed by atoms with Crippen LogP contribution in [-0.4, -0.2) is 39.0 Å². The molecule has 1 aliphatic heterocycles. The highest BCUT2D eigenvalue weighted by Crippen LogP contribution is 2.32. The molecule has 0 fully saturated rings. The number of para-hydroxylation sites is 2. The Labute approximate surface area is 157 Å². The topological polar surface area (TPSA) is 33.7 Å². The predicted molar refractivity (Wildman–Crippen MR) is 108 cm³/mol. The Morgan fingerprint density at radius 2 is 1.96 bits per heavy atom. The first-order valence-corrected chi connectivity index (χ1v) is 9.52. The molecule has 26 heavy (non-hydrogen) atoms. The van der Waals surface area contributed by atoms with Gasteiger partial charge in [-0.1, -0.05) is 24.3 Å². The van der Waals surface area contributed by atoms with Crippen LogP contribution in [0.5, 0.6) is 5.75 Å². The van der Waals surface area contributed by atoms with E-state index in [0.717, 1.165) is 38.2 Å². The van der Waals surface area contributed by atoms with Gasteiger partial charge in [0.1, 0.15) is 11.9 Å². The van der Waals surface area contributed by atoms with Gasteiger partial charge in [-0.05, 0) is 56.5 Å². The molecule has 0 spiro atoms. The zero-order valence-corrected chi connectivity index (χ0v) is 16.1. The summed E-state index contributed by atoms with van der Waals surface area (Å²) in [5.41, 5.74) is 3.69. The maximum atomic E-state index is 5.92. The van der Waals surface area contributed by atoms with Crippen LogP contribution in [0, 0.1) is 0 Å². The molecule has 0 radical (unpaired) electrons. The minimum absolute atomic E-state index is 0.236. The molecular weight excluding hydrogens is 324 g/mol. The Morgan fingerprint density at radius 1 is 1.19 bits per heavy atom. The van der Waals surface area contributed by atoms with Gasteiger partial charge in [-0.3, -0.25) is 0 Å². The van der Waals surface area contributed by atoms with E-state index in [1.807, 2.05) is 6.07 Å². The molecule has 0 saturated heterocycles. The van der Waals surface area contributed by atoms with Crippen LogP contribution in [0.1, 0.15) is 25.8 Å². The van der Waals surface area contributed by atoms with Crippen LogP contribution in [0.4, 0.5) is 11.4 Å². The molecule has 3 rings (SSSR count). The van der Waals surface area contributed by atoms with Crippen molar-refractivity contribution in [3.05, 3.63) is 54.1 Å². The smallest absolute Gasteiger partial charge is 0.143 e. The molecule has 0 amide bonds. The van der Waals surface area contributed by atoms with Gasteiger partial charge in [0, 0.05) is 25.9 Å². The number of fused-ring (bicyclic) bond motifs is 1. The van der Waals surface area contributed by atoms with Gasteiger partial charge in [0.15, 0.2) is 0 Å². The fraction of sp³-hybridized carbons (Fsp3) is 0.455. The molecule has 4 heteroatoms. The lowest BCUT2D eigenvalue weighted by molar-refractivity contribution is 0.119. The van der Waals surface area contributed by atoms with Gasteiger partial charge in [-0.2, -0.15) is 0 Å². The van der Waals surface area contributed by atoms with Crippen LogP contribution in [0.15, 0.2) is 48.5 Å². The van der Waals surface area contributed by atoms with Crippen LogP contribution >= 0.6 is 0 Å². The zero-order valence-electron chi connectivity index (χ0n) is 16.1. The fourth-order valence-electron chi connectivity index (χ4n) is 3.37. The standard InChI is InChI=1S/C22H30N2O2/c1-17(25-3)15-19-9-11-20(12-10-19)23-13-6-14-24-16-18(2)26-22-8-5-4-7-21(22)24/h4-5,7-12,17-18,23H,6,13-16H2,1-3H3/t17-,18?/m1/s1. The predicted octanol–water partition coefficient (Wildman–Crippen LogP) is 4.35. The fourth-order valence-corrected chi connectivity index (χ4v) is 3.37. The lowest BCUT2D eigenvalue weighted by Gasteiger charge is -2.35. The van der Waals surface area contributed by atoms with E-state index in [-0.39, 0.29) is 12.2 Å². The van der Waals surface area contributed by atoms with Crippen molar-refractivity contribution in [2.75, 3.05) is 37.0 Å². The maximum absolute atomic E-state index is 5.92. The highest BCUT2D eigenvalue weighted by atomic mass is 16.5. The summed E-state index contributed by atoms with van der Waals surface area (Å²) in [6, 6.07) is 17.0. The third kappa shape index (κ3) is 4.92. The molecule has 4 nitrogen and oxygen atoms in total. The lowest BCUT2D eigenvalue weighted by atomic mass is 10.1. The summed E-state index contributed by atoms with van der Waals surface area (Å²) in [5, 5.41) is 3.52. The summed E-state index contributed by atoms with van der Waals surface area (Å²) in [7, 11) is 1.76. The maximum Gasteiger partial charge on any atom is 0.143 e. The largest absolute Gasteiger partial charge is 0.487 e. The van der Waals surface area contributed by atoms with E-state index in [0.29, 0.717) is 0 Å². The summed E-state index contributed by atoms with van der Waals surface area (Å²) >= 11 is 0. The number of ether oxygens (including phenoxy) is 2. The van der Waals surface area contributed by atoms with E-state index in [1.165, 1.54) is 16.9 Å². The molecular formula is C22H30N2O2. The number of hydrogen-bond acceptors (Lipinski definition) is 4. The first-order chi connectivity index (χ1) is 12.7. The molecule has 0 aliphatic carbocycles. The molecule has 0 bridgehead atoms. The highest BCUT2D eigenvalue weighted by molar-refractivity contribution is 5.60. The molecule has 1 heterocycles. The number of nitrogens with one attached hydrogen (secondary N) is 1. The van der Waals surface area contributed by atoms with Crippen molar-refractivity contribution in [2.24, 2.45) is 0 Å². The van der Waals surface area contributed by atoms with Crippen molar-refractivity contribution in [1.82, 2.24) is 0 Å². The van der Waals surface area contributed by atoms with Gasteiger partial charge in [0.05, 0.1) is 18.3 Å². The number of benzene rings is 2. The molecule has 140 valence electrons. The highest BCUT2D eigenvalue weighted by Gasteiger charge is 2.21. The normalized spacial score (nSPS) is 17.3. The summed E-state index contributed by atoms with van der Waals surface area (Å²) in [6.45, 7) is 7.16. The van der Waals surface area contributed by atoms with Crippen LogP contribution in [0.25, 0.3) is 0 Å². The molecule has 1 aliphatic rings. The van der Waals surface area contributed by atoms with E-state index in [4.69, 9.17) is 9.47 Å². The second kappa shape index (κ2) is 8.95. The van der Waals surface area contributed by atoms with Crippen molar-refractivity contribution in [3.8, 4) is 5.75 Å². The first-order valence-electron chi connectivity index (χ1n) is 9.52. The second-order valence-corrected chi connectivity index (χ2v) is 7.07. The quantitative estimate of drug-likeness (QED) is 0.715. The number of nitrogens with zero attached hydrogens (tertiary/aromatic N) is 1. The van der Waals surface area contributed by atoms with E-state index in [1.54, 1.807) is 7.11 Å². The van der Waals surface area contributed by atoms with E-state index in [9.17, 15) is 0 Å². The van der Waals surface area contributed by atoms with Crippen molar-refractivity contribution in [1.29, 1.82) is 0 Å². The molecule has 2 atom stereocenters. The van der Waals surface area contributed by atoms with Gasteiger partial charge in [-0.25, -0.2) is 0 Å². The minimum atomic E-state index is 0.236. The molecule has 2 aromatic carbocycles. The monoisotopic (exact) mass is 354 g/mol. The summed E-state index contributed by atoms with van der Waals surface area (Å²) in [6.07, 6.45) is 2.53. The van der Waals surface area contributed by atoms with Crippen LogP contribution in [-0.2, 0) is 11.2 Å². The van der Waals surface area contributed by atoms with Crippen LogP contribution in [0.3, 0.4) is 0 Å². The second-order valence-electron chi connectivity index (χ2n) is 7.07. The Hall–Kier alpha value is -2.20. The van der Waals surface area contributed by atoms with Crippen molar-refractivity contribution >= 4 is 11.4 Å². The van der Waals surface area contributed by atoms with Gasteiger partial charge in [0.2, 0.25) is 0 Å². The van der Waals surface area contributed by atoms with Gasteiger partial charge in [-0.15, -0.1) is 0 Å². The van der Waals surface area contributed by atoms with E-state index < -0.39 is 0 Å². The summed E-state index contributed by atoms with van der Waals surface area (Å²) in [5.74, 6) is 1.00. The first kappa shape index (κ1) is 18.6. The lowest BCUT2D eigenvalue weighted by Crippen LogP contribution is -2.39. The van der Waals surface area contributed by atoms with Crippen LogP contribution < -0.4 is 15.0 Å². The summed E-state index contributed by atoms with van der Waals surface area (Å²) in [4.78, 5) is 2.43. The van der Waals surface area contributed by atoms with Gasteiger partial charge in [0.25, 0.3) is 0 Å². The molecule has 1 unspecified atom stereocenters. The molecule has 2 aromatic rings. The average Bonchev–Trinajstić information content (AvgIpc) is 2.66.